The van der Waals surface area contributed by atoms with Crippen LogP contribution in [0.15, 0.2) is 24.3 Å². The highest BCUT2D eigenvalue weighted by Gasteiger charge is 2.36. The van der Waals surface area contributed by atoms with Crippen molar-refractivity contribution in [2.24, 2.45) is 0 Å². The van der Waals surface area contributed by atoms with Crippen LogP contribution in [0.1, 0.15) is 57.4 Å². The fourth-order valence-electron chi connectivity index (χ4n) is 4.69. The standard InChI is InChI=1S/C21H34N2O3S/c1-3-27(24,25)22-19-11-15-23(16-12-19)17-21(13-5-4-6-14-21)18-7-9-20(26-2)10-8-18/h7-10,19,22H,3-6,11-17H2,1-2H3. The summed E-state index contributed by atoms with van der Waals surface area (Å²) in [4.78, 5) is 2.55. The van der Waals surface area contributed by atoms with Crippen molar-refractivity contribution >= 4 is 10.0 Å². The Kier molecular flexibility index (Phi) is 6.82. The molecule has 27 heavy (non-hydrogen) atoms. The number of hydrogen-bond acceptors (Lipinski definition) is 4. The Morgan fingerprint density at radius 3 is 2.30 bits per heavy atom. The van der Waals surface area contributed by atoms with E-state index >= 15 is 0 Å². The molecule has 1 aliphatic carbocycles. The molecule has 3 rings (SSSR count). The first kappa shape index (κ1) is 20.6. The topological polar surface area (TPSA) is 58.6 Å². The largest absolute Gasteiger partial charge is 0.497 e. The number of hydrogen-bond donors (Lipinski definition) is 1. The van der Waals surface area contributed by atoms with Crippen molar-refractivity contribution in [3.8, 4) is 5.75 Å². The molecule has 1 N–H and O–H groups in total. The minimum absolute atomic E-state index is 0.0921. The number of benzene rings is 1. The van der Waals surface area contributed by atoms with Gasteiger partial charge in [-0.3, -0.25) is 0 Å². The third-order valence-electron chi connectivity index (χ3n) is 6.35. The summed E-state index contributed by atoms with van der Waals surface area (Å²) >= 11 is 0. The number of likely N-dealkylation sites (tertiary alicyclic amines) is 1. The SMILES string of the molecule is CCS(=O)(=O)NC1CCN(CC2(c3ccc(OC)cc3)CCCCC2)CC1. The first-order chi connectivity index (χ1) is 13.0. The summed E-state index contributed by atoms with van der Waals surface area (Å²) in [5.74, 6) is 1.07. The average Bonchev–Trinajstić information content (AvgIpc) is 2.70. The lowest BCUT2D eigenvalue weighted by atomic mass is 9.69. The molecule has 0 bridgehead atoms. The van der Waals surface area contributed by atoms with Crippen LogP contribution in [-0.4, -0.2) is 51.9 Å². The second-order valence-corrected chi connectivity index (χ2v) is 10.2. The van der Waals surface area contributed by atoms with Gasteiger partial charge < -0.3 is 9.64 Å². The van der Waals surface area contributed by atoms with E-state index in [9.17, 15) is 8.42 Å². The van der Waals surface area contributed by atoms with Crippen LogP contribution in [0.4, 0.5) is 0 Å². The number of methoxy groups -OCH3 is 1. The molecule has 5 nitrogen and oxygen atoms in total. The van der Waals surface area contributed by atoms with Crippen molar-refractivity contribution in [2.75, 3.05) is 32.5 Å². The molecule has 0 atom stereocenters. The summed E-state index contributed by atoms with van der Waals surface area (Å²) in [6, 6.07) is 8.74. The Bertz CT molecular complexity index is 689. The van der Waals surface area contributed by atoms with Crippen LogP contribution in [-0.2, 0) is 15.4 Å². The van der Waals surface area contributed by atoms with Gasteiger partial charge in [-0.2, -0.15) is 0 Å². The van der Waals surface area contributed by atoms with Crippen LogP contribution in [0.2, 0.25) is 0 Å². The van der Waals surface area contributed by atoms with Gasteiger partial charge in [0.15, 0.2) is 0 Å². The molecular formula is C21H34N2O3S. The van der Waals surface area contributed by atoms with Gasteiger partial charge in [-0.25, -0.2) is 13.1 Å². The van der Waals surface area contributed by atoms with E-state index in [1.807, 2.05) is 0 Å². The summed E-state index contributed by atoms with van der Waals surface area (Å²) in [6.07, 6.45) is 8.19. The molecule has 1 aliphatic heterocycles. The first-order valence-electron chi connectivity index (χ1n) is 10.3. The lowest BCUT2D eigenvalue weighted by molar-refractivity contribution is 0.137. The predicted molar refractivity (Wildman–Crippen MR) is 110 cm³/mol. The van der Waals surface area contributed by atoms with E-state index in [0.29, 0.717) is 0 Å². The summed E-state index contributed by atoms with van der Waals surface area (Å²) in [5, 5.41) is 0. The highest BCUT2D eigenvalue weighted by atomic mass is 32.2. The monoisotopic (exact) mass is 394 g/mol. The van der Waals surface area contributed by atoms with Crippen LogP contribution >= 0.6 is 0 Å². The molecule has 1 aromatic carbocycles. The van der Waals surface area contributed by atoms with E-state index in [-0.39, 0.29) is 17.2 Å². The molecule has 6 heteroatoms. The summed E-state index contributed by atoms with van der Waals surface area (Å²) in [7, 11) is -1.40. The molecule has 1 saturated heterocycles. The van der Waals surface area contributed by atoms with Gasteiger partial charge in [-0.15, -0.1) is 0 Å². The Morgan fingerprint density at radius 2 is 1.74 bits per heavy atom. The average molecular weight is 395 g/mol. The van der Waals surface area contributed by atoms with Crippen molar-refractivity contribution in [1.82, 2.24) is 9.62 Å². The lowest BCUT2D eigenvalue weighted by Gasteiger charge is -2.43. The number of piperidine rings is 1. The quantitative estimate of drug-likeness (QED) is 0.771. The van der Waals surface area contributed by atoms with Gasteiger partial charge in [0.05, 0.1) is 12.9 Å². The molecular weight excluding hydrogens is 360 g/mol. The van der Waals surface area contributed by atoms with Crippen LogP contribution in [0, 0.1) is 0 Å². The van der Waals surface area contributed by atoms with Crippen molar-refractivity contribution in [3.05, 3.63) is 29.8 Å². The molecule has 0 aromatic heterocycles. The maximum Gasteiger partial charge on any atom is 0.211 e. The molecule has 2 fully saturated rings. The molecule has 2 aliphatic rings. The fourth-order valence-corrected chi connectivity index (χ4v) is 5.60. The Balaban J connectivity index is 1.65. The highest BCUT2D eigenvalue weighted by Crippen LogP contribution is 2.41. The van der Waals surface area contributed by atoms with Crippen LogP contribution in [0.25, 0.3) is 0 Å². The first-order valence-corrected chi connectivity index (χ1v) is 12.0. The maximum absolute atomic E-state index is 11.8. The van der Waals surface area contributed by atoms with Crippen LogP contribution in [0.5, 0.6) is 5.75 Å². The number of ether oxygens (including phenoxy) is 1. The van der Waals surface area contributed by atoms with E-state index in [1.54, 1.807) is 14.0 Å². The number of nitrogens with one attached hydrogen (secondary N) is 1. The van der Waals surface area contributed by atoms with Gasteiger partial charge in [-0.05, 0) is 63.4 Å². The summed E-state index contributed by atoms with van der Waals surface area (Å²) in [5.41, 5.74) is 1.65. The molecule has 1 heterocycles. The third kappa shape index (κ3) is 5.24. The highest BCUT2D eigenvalue weighted by molar-refractivity contribution is 7.89. The van der Waals surface area contributed by atoms with Gasteiger partial charge in [-0.1, -0.05) is 31.4 Å². The molecule has 0 radical (unpaired) electrons. The minimum Gasteiger partial charge on any atom is -0.497 e. The third-order valence-corrected chi connectivity index (χ3v) is 7.81. The Hall–Kier alpha value is -1.11. The minimum atomic E-state index is -3.11. The summed E-state index contributed by atoms with van der Waals surface area (Å²) < 4.78 is 31.8. The van der Waals surface area contributed by atoms with E-state index in [0.717, 1.165) is 38.2 Å². The van der Waals surface area contributed by atoms with Crippen molar-refractivity contribution in [3.63, 3.8) is 0 Å². The van der Waals surface area contributed by atoms with E-state index in [2.05, 4.69) is 33.9 Å². The van der Waals surface area contributed by atoms with Crippen molar-refractivity contribution < 1.29 is 13.2 Å². The molecule has 0 unspecified atom stereocenters. The second kappa shape index (κ2) is 8.93. The van der Waals surface area contributed by atoms with Gasteiger partial charge in [0.1, 0.15) is 5.75 Å². The molecule has 0 amide bonds. The van der Waals surface area contributed by atoms with Gasteiger partial charge >= 0.3 is 0 Å². The van der Waals surface area contributed by atoms with Crippen LogP contribution in [0.3, 0.4) is 0 Å². The van der Waals surface area contributed by atoms with E-state index < -0.39 is 10.0 Å². The lowest BCUT2D eigenvalue weighted by Crippen LogP contribution is -2.49. The molecule has 0 spiro atoms. The number of rotatable bonds is 7. The smallest absolute Gasteiger partial charge is 0.211 e. The Labute approximate surface area is 164 Å². The zero-order valence-corrected chi connectivity index (χ0v) is 17.6. The van der Waals surface area contributed by atoms with Crippen molar-refractivity contribution in [1.29, 1.82) is 0 Å². The fraction of sp³-hybridized carbons (Fsp3) is 0.714. The van der Waals surface area contributed by atoms with Gasteiger partial charge in [0, 0.05) is 18.0 Å². The van der Waals surface area contributed by atoms with E-state index in [1.165, 1.54) is 37.7 Å². The number of nitrogens with zero attached hydrogens (tertiary/aromatic N) is 1. The second-order valence-electron chi connectivity index (χ2n) is 8.14. The molecule has 1 saturated carbocycles. The van der Waals surface area contributed by atoms with Crippen molar-refractivity contribution in [2.45, 2.75) is 63.3 Å². The predicted octanol–water partition coefficient (Wildman–Crippen LogP) is 3.30. The number of sulfonamides is 1. The van der Waals surface area contributed by atoms with Gasteiger partial charge in [0.2, 0.25) is 10.0 Å². The zero-order chi connectivity index (χ0) is 19.3. The normalized spacial score (nSPS) is 21.9. The van der Waals surface area contributed by atoms with Crippen LogP contribution < -0.4 is 9.46 Å². The van der Waals surface area contributed by atoms with E-state index in [4.69, 9.17) is 4.74 Å². The molecule has 152 valence electrons. The van der Waals surface area contributed by atoms with Gasteiger partial charge in [0.25, 0.3) is 0 Å². The maximum atomic E-state index is 11.8. The molecule has 1 aromatic rings. The zero-order valence-electron chi connectivity index (χ0n) is 16.7. The summed E-state index contributed by atoms with van der Waals surface area (Å²) in [6.45, 7) is 4.70. The Morgan fingerprint density at radius 1 is 1.11 bits per heavy atom.